The van der Waals surface area contributed by atoms with E-state index in [1.807, 2.05) is 6.07 Å². The molecule has 2 aromatic rings. The number of para-hydroxylation sites is 1. The van der Waals surface area contributed by atoms with Crippen molar-refractivity contribution in [1.29, 1.82) is 0 Å². The van der Waals surface area contributed by atoms with Crippen LogP contribution in [0.3, 0.4) is 0 Å². The SMILES string of the molecule is O=C(O)Oc1ccoc1C(=O)Nc1ccccc1. The monoisotopic (exact) mass is 247 g/mol. The summed E-state index contributed by atoms with van der Waals surface area (Å²) in [6.45, 7) is 0. The van der Waals surface area contributed by atoms with Gasteiger partial charge in [-0.25, -0.2) is 4.79 Å². The molecule has 0 saturated carbocycles. The molecule has 1 aromatic heterocycles. The van der Waals surface area contributed by atoms with E-state index >= 15 is 0 Å². The Labute approximate surface area is 102 Å². The molecular formula is C12H9NO5. The number of carbonyl (C=O) groups is 2. The predicted octanol–water partition coefficient (Wildman–Crippen LogP) is 2.59. The summed E-state index contributed by atoms with van der Waals surface area (Å²) in [5, 5.41) is 11.0. The van der Waals surface area contributed by atoms with Crippen LogP contribution in [0.25, 0.3) is 0 Å². The van der Waals surface area contributed by atoms with Gasteiger partial charge in [-0.1, -0.05) is 18.2 Å². The van der Waals surface area contributed by atoms with E-state index in [0.29, 0.717) is 5.69 Å². The highest BCUT2D eigenvalue weighted by Crippen LogP contribution is 2.21. The molecule has 0 spiro atoms. The third kappa shape index (κ3) is 2.67. The highest BCUT2D eigenvalue weighted by Gasteiger charge is 2.18. The van der Waals surface area contributed by atoms with E-state index in [2.05, 4.69) is 10.1 Å². The van der Waals surface area contributed by atoms with E-state index in [0.717, 1.165) is 0 Å². The molecule has 6 nitrogen and oxygen atoms in total. The van der Waals surface area contributed by atoms with E-state index in [4.69, 9.17) is 9.52 Å². The lowest BCUT2D eigenvalue weighted by atomic mass is 10.3. The van der Waals surface area contributed by atoms with E-state index in [1.54, 1.807) is 24.3 Å². The number of amides is 1. The number of anilines is 1. The molecule has 0 unspecified atom stereocenters. The van der Waals surface area contributed by atoms with Gasteiger partial charge in [0.2, 0.25) is 5.76 Å². The Morgan fingerprint density at radius 3 is 2.56 bits per heavy atom. The summed E-state index contributed by atoms with van der Waals surface area (Å²) in [5.74, 6) is -0.917. The Hall–Kier alpha value is -2.76. The fraction of sp³-hybridized carbons (Fsp3) is 0. The molecular weight excluding hydrogens is 238 g/mol. The predicted molar refractivity (Wildman–Crippen MR) is 61.8 cm³/mol. The minimum atomic E-state index is -1.51. The molecule has 0 saturated heterocycles. The number of benzene rings is 1. The van der Waals surface area contributed by atoms with Crippen LogP contribution in [0.2, 0.25) is 0 Å². The van der Waals surface area contributed by atoms with Gasteiger partial charge < -0.3 is 19.6 Å². The Kier molecular flexibility index (Phi) is 3.29. The lowest BCUT2D eigenvalue weighted by molar-refractivity contribution is 0.0990. The maximum absolute atomic E-state index is 11.8. The molecule has 0 bridgehead atoms. The molecule has 6 heteroatoms. The zero-order chi connectivity index (χ0) is 13.0. The van der Waals surface area contributed by atoms with Crippen molar-refractivity contribution in [1.82, 2.24) is 0 Å². The Bertz CT molecular complexity index is 561. The van der Waals surface area contributed by atoms with Crippen LogP contribution in [0, 0.1) is 0 Å². The first-order valence-electron chi connectivity index (χ1n) is 5.01. The molecule has 1 aromatic carbocycles. The van der Waals surface area contributed by atoms with E-state index in [-0.39, 0.29) is 11.5 Å². The largest absolute Gasteiger partial charge is 0.511 e. The van der Waals surface area contributed by atoms with Gasteiger partial charge in [0.15, 0.2) is 5.75 Å². The number of hydrogen-bond donors (Lipinski definition) is 2. The first kappa shape index (κ1) is 11.7. The van der Waals surface area contributed by atoms with E-state index < -0.39 is 12.1 Å². The molecule has 0 aliphatic carbocycles. The minimum absolute atomic E-state index is 0.143. The molecule has 2 N–H and O–H groups in total. The van der Waals surface area contributed by atoms with Gasteiger partial charge in [-0.05, 0) is 12.1 Å². The summed E-state index contributed by atoms with van der Waals surface area (Å²) in [5.41, 5.74) is 0.570. The average molecular weight is 247 g/mol. The molecule has 0 atom stereocenters. The van der Waals surface area contributed by atoms with Crippen LogP contribution in [0.15, 0.2) is 47.1 Å². The Morgan fingerprint density at radius 2 is 1.89 bits per heavy atom. The Balaban J connectivity index is 2.14. The third-order valence-electron chi connectivity index (χ3n) is 2.06. The van der Waals surface area contributed by atoms with Gasteiger partial charge in [0.05, 0.1) is 6.26 Å². The summed E-state index contributed by atoms with van der Waals surface area (Å²) < 4.78 is 9.31. The van der Waals surface area contributed by atoms with E-state index in [1.165, 1.54) is 12.3 Å². The smallest absolute Gasteiger partial charge is 0.455 e. The fourth-order valence-corrected chi connectivity index (χ4v) is 1.35. The molecule has 2 rings (SSSR count). The van der Waals surface area contributed by atoms with Crippen molar-refractivity contribution >= 4 is 17.7 Å². The quantitative estimate of drug-likeness (QED) is 0.813. The summed E-state index contributed by atoms with van der Waals surface area (Å²) >= 11 is 0. The van der Waals surface area contributed by atoms with Gasteiger partial charge in [0, 0.05) is 11.8 Å². The third-order valence-corrected chi connectivity index (χ3v) is 2.06. The standard InChI is InChI=1S/C12H9NO5/c14-11(13-8-4-2-1-3-5-8)10-9(6-7-17-10)18-12(15)16/h1-7H,(H,13,14)(H,15,16). The topological polar surface area (TPSA) is 88.8 Å². The molecule has 0 aliphatic rings. The molecule has 0 fully saturated rings. The van der Waals surface area contributed by atoms with Gasteiger partial charge in [0.1, 0.15) is 0 Å². The highest BCUT2D eigenvalue weighted by atomic mass is 16.7. The van der Waals surface area contributed by atoms with Crippen molar-refractivity contribution in [2.24, 2.45) is 0 Å². The number of ether oxygens (including phenoxy) is 1. The number of rotatable bonds is 3. The van der Waals surface area contributed by atoms with Gasteiger partial charge in [0.25, 0.3) is 5.91 Å². The maximum atomic E-state index is 11.8. The molecule has 1 heterocycles. The van der Waals surface area contributed by atoms with Crippen LogP contribution in [0.5, 0.6) is 5.75 Å². The van der Waals surface area contributed by atoms with Crippen LogP contribution in [0.4, 0.5) is 10.5 Å². The van der Waals surface area contributed by atoms with E-state index in [9.17, 15) is 9.59 Å². The second kappa shape index (κ2) is 5.05. The average Bonchev–Trinajstić information content (AvgIpc) is 2.77. The zero-order valence-electron chi connectivity index (χ0n) is 9.12. The van der Waals surface area contributed by atoms with Crippen LogP contribution in [-0.4, -0.2) is 17.2 Å². The second-order valence-corrected chi connectivity index (χ2v) is 3.30. The van der Waals surface area contributed by atoms with Gasteiger partial charge in [-0.2, -0.15) is 0 Å². The van der Waals surface area contributed by atoms with Crippen molar-refractivity contribution in [2.75, 3.05) is 5.32 Å². The molecule has 92 valence electrons. The second-order valence-electron chi connectivity index (χ2n) is 3.30. The minimum Gasteiger partial charge on any atom is -0.455 e. The van der Waals surface area contributed by atoms with Crippen molar-refractivity contribution in [3.05, 3.63) is 48.4 Å². The van der Waals surface area contributed by atoms with Crippen molar-refractivity contribution in [3.63, 3.8) is 0 Å². The number of carboxylic acid groups (broad SMARTS) is 1. The van der Waals surface area contributed by atoms with Crippen molar-refractivity contribution in [2.45, 2.75) is 0 Å². The van der Waals surface area contributed by atoms with Gasteiger partial charge >= 0.3 is 6.16 Å². The first-order chi connectivity index (χ1) is 8.66. The number of nitrogens with one attached hydrogen (secondary N) is 1. The summed E-state index contributed by atoms with van der Waals surface area (Å²) in [7, 11) is 0. The fourth-order valence-electron chi connectivity index (χ4n) is 1.35. The lowest BCUT2D eigenvalue weighted by Gasteiger charge is -2.03. The molecule has 18 heavy (non-hydrogen) atoms. The van der Waals surface area contributed by atoms with Crippen molar-refractivity contribution in [3.8, 4) is 5.75 Å². The molecule has 1 amide bonds. The highest BCUT2D eigenvalue weighted by molar-refractivity contribution is 6.04. The van der Waals surface area contributed by atoms with Crippen LogP contribution < -0.4 is 10.1 Å². The maximum Gasteiger partial charge on any atom is 0.511 e. The van der Waals surface area contributed by atoms with Gasteiger partial charge in [-0.3, -0.25) is 4.79 Å². The number of furan rings is 1. The van der Waals surface area contributed by atoms with Crippen LogP contribution in [-0.2, 0) is 0 Å². The number of carbonyl (C=O) groups excluding carboxylic acids is 1. The Morgan fingerprint density at radius 1 is 1.17 bits per heavy atom. The molecule has 0 radical (unpaired) electrons. The summed E-state index contributed by atoms with van der Waals surface area (Å²) in [6, 6.07) is 9.96. The summed E-state index contributed by atoms with van der Waals surface area (Å²) in [6.07, 6.45) is -0.330. The first-order valence-corrected chi connectivity index (χ1v) is 5.01. The van der Waals surface area contributed by atoms with Crippen LogP contribution in [0.1, 0.15) is 10.6 Å². The van der Waals surface area contributed by atoms with Crippen LogP contribution >= 0.6 is 0 Å². The number of hydrogen-bond acceptors (Lipinski definition) is 4. The van der Waals surface area contributed by atoms with Crippen molar-refractivity contribution < 1.29 is 23.8 Å². The summed E-state index contributed by atoms with van der Waals surface area (Å²) in [4.78, 5) is 22.2. The van der Waals surface area contributed by atoms with Gasteiger partial charge in [-0.15, -0.1) is 0 Å². The molecule has 0 aliphatic heterocycles. The lowest BCUT2D eigenvalue weighted by Crippen LogP contribution is -2.13. The zero-order valence-corrected chi connectivity index (χ0v) is 9.12. The normalized spacial score (nSPS) is 9.78.